The summed E-state index contributed by atoms with van der Waals surface area (Å²) >= 11 is 0. The molecule has 0 amide bonds. The Balaban J connectivity index is 1.92. The summed E-state index contributed by atoms with van der Waals surface area (Å²) in [6, 6.07) is 17.7. The van der Waals surface area contributed by atoms with Gasteiger partial charge in [-0.25, -0.2) is 0 Å². The second-order valence-corrected chi connectivity index (χ2v) is 4.20. The molecule has 0 aliphatic carbocycles. The molecule has 1 heterocycles. The molecule has 2 nitrogen and oxygen atoms in total. The lowest BCUT2D eigenvalue weighted by molar-refractivity contribution is -0.134. The average Bonchev–Trinajstić information content (AvgIpc) is 2.68. The average molecular weight is 224 g/mol. The highest BCUT2D eigenvalue weighted by atomic mass is 16.5. The van der Waals surface area contributed by atoms with Gasteiger partial charge in [-0.2, -0.15) is 0 Å². The van der Waals surface area contributed by atoms with Crippen LogP contribution in [0.1, 0.15) is 17.0 Å². The van der Waals surface area contributed by atoms with Gasteiger partial charge in [-0.1, -0.05) is 48.5 Å². The number of esters is 1. The summed E-state index contributed by atoms with van der Waals surface area (Å²) in [6.45, 7) is 0. The normalized spacial score (nSPS) is 17.6. The number of rotatable bonds is 2. The molecule has 0 radical (unpaired) electrons. The number of para-hydroxylation sites is 1. The van der Waals surface area contributed by atoms with Gasteiger partial charge in [0.2, 0.25) is 0 Å². The highest BCUT2D eigenvalue weighted by Gasteiger charge is 2.32. The van der Waals surface area contributed by atoms with E-state index in [0.29, 0.717) is 12.2 Å². The summed E-state index contributed by atoms with van der Waals surface area (Å²) in [6.07, 6.45) is 0.705. The lowest BCUT2D eigenvalue weighted by Gasteiger charge is -2.06. The first-order chi connectivity index (χ1) is 8.34. The molecule has 1 aliphatic heterocycles. The van der Waals surface area contributed by atoms with Crippen molar-refractivity contribution in [3.63, 3.8) is 0 Å². The van der Waals surface area contributed by atoms with Gasteiger partial charge in [0.1, 0.15) is 5.75 Å². The first-order valence-electron chi connectivity index (χ1n) is 5.69. The van der Waals surface area contributed by atoms with Crippen LogP contribution in [0.15, 0.2) is 54.6 Å². The summed E-state index contributed by atoms with van der Waals surface area (Å²) in [7, 11) is 0. The summed E-state index contributed by atoms with van der Waals surface area (Å²) in [5.74, 6) is 0.405. The minimum atomic E-state index is -0.159. The van der Waals surface area contributed by atoms with Crippen molar-refractivity contribution in [1.82, 2.24) is 0 Å². The van der Waals surface area contributed by atoms with Gasteiger partial charge in [-0.05, 0) is 18.1 Å². The van der Waals surface area contributed by atoms with Crippen LogP contribution >= 0.6 is 0 Å². The summed E-state index contributed by atoms with van der Waals surface area (Å²) < 4.78 is 5.25. The molecular formula is C15H12O2. The third-order valence-electron chi connectivity index (χ3n) is 3.07. The van der Waals surface area contributed by atoms with E-state index in [1.165, 1.54) is 0 Å². The monoisotopic (exact) mass is 224 g/mol. The van der Waals surface area contributed by atoms with Crippen LogP contribution in [0.2, 0.25) is 0 Å². The summed E-state index contributed by atoms with van der Waals surface area (Å²) in [5.41, 5.74) is 2.16. The molecule has 2 aromatic rings. The van der Waals surface area contributed by atoms with Gasteiger partial charge in [-0.3, -0.25) is 4.79 Å². The van der Waals surface area contributed by atoms with Gasteiger partial charge in [-0.15, -0.1) is 0 Å². The van der Waals surface area contributed by atoms with Gasteiger partial charge in [0.15, 0.2) is 0 Å². The van der Waals surface area contributed by atoms with Crippen LogP contribution < -0.4 is 4.74 Å². The van der Waals surface area contributed by atoms with E-state index in [2.05, 4.69) is 0 Å². The van der Waals surface area contributed by atoms with E-state index >= 15 is 0 Å². The van der Waals surface area contributed by atoms with Crippen LogP contribution in [0.4, 0.5) is 0 Å². The molecule has 17 heavy (non-hydrogen) atoms. The highest BCUT2D eigenvalue weighted by Crippen LogP contribution is 2.36. The van der Waals surface area contributed by atoms with Crippen molar-refractivity contribution >= 4 is 5.97 Å². The highest BCUT2D eigenvalue weighted by molar-refractivity contribution is 5.86. The first kappa shape index (κ1) is 10.1. The molecule has 2 heteroatoms. The number of fused-ring (bicyclic) bond motifs is 1. The van der Waals surface area contributed by atoms with Crippen molar-refractivity contribution < 1.29 is 9.53 Å². The SMILES string of the molecule is O=C1Oc2ccccc2C1Cc1ccccc1. The molecule has 1 unspecified atom stereocenters. The van der Waals surface area contributed by atoms with Crippen molar-refractivity contribution in [1.29, 1.82) is 0 Å². The van der Waals surface area contributed by atoms with E-state index in [1.54, 1.807) is 0 Å². The minimum absolute atomic E-state index is 0.143. The quantitative estimate of drug-likeness (QED) is 0.579. The van der Waals surface area contributed by atoms with E-state index in [9.17, 15) is 4.79 Å². The third-order valence-corrected chi connectivity index (χ3v) is 3.07. The van der Waals surface area contributed by atoms with Crippen LogP contribution in [0.25, 0.3) is 0 Å². The summed E-state index contributed by atoms with van der Waals surface area (Å²) in [5, 5.41) is 0. The van der Waals surface area contributed by atoms with Crippen molar-refractivity contribution in [3.05, 3.63) is 65.7 Å². The lowest BCUT2D eigenvalue weighted by atomic mass is 9.93. The lowest BCUT2D eigenvalue weighted by Crippen LogP contribution is -2.12. The molecule has 3 rings (SSSR count). The van der Waals surface area contributed by atoms with Crippen LogP contribution in [0.3, 0.4) is 0 Å². The Morgan fingerprint density at radius 1 is 0.941 bits per heavy atom. The molecule has 0 aromatic heterocycles. The largest absolute Gasteiger partial charge is 0.426 e. The Kier molecular flexibility index (Phi) is 2.41. The fraction of sp³-hybridized carbons (Fsp3) is 0.133. The van der Waals surface area contributed by atoms with Crippen LogP contribution in [-0.2, 0) is 11.2 Å². The fourth-order valence-corrected chi connectivity index (χ4v) is 2.21. The smallest absolute Gasteiger partial charge is 0.319 e. The van der Waals surface area contributed by atoms with E-state index in [4.69, 9.17) is 4.74 Å². The van der Waals surface area contributed by atoms with Gasteiger partial charge >= 0.3 is 5.97 Å². The van der Waals surface area contributed by atoms with E-state index < -0.39 is 0 Å². The molecule has 0 fully saturated rings. The van der Waals surface area contributed by atoms with Crippen LogP contribution in [0.5, 0.6) is 5.75 Å². The Morgan fingerprint density at radius 2 is 1.65 bits per heavy atom. The number of hydrogen-bond acceptors (Lipinski definition) is 2. The molecule has 0 saturated carbocycles. The van der Waals surface area contributed by atoms with Gasteiger partial charge in [0.05, 0.1) is 5.92 Å². The third kappa shape index (κ3) is 1.82. The van der Waals surface area contributed by atoms with Gasteiger partial charge in [0, 0.05) is 5.56 Å². The topological polar surface area (TPSA) is 26.3 Å². The van der Waals surface area contributed by atoms with Crippen molar-refractivity contribution in [2.24, 2.45) is 0 Å². The number of benzene rings is 2. The molecular weight excluding hydrogens is 212 g/mol. The molecule has 0 N–H and O–H groups in total. The molecule has 0 saturated heterocycles. The standard InChI is InChI=1S/C15H12O2/c16-15-13(10-11-6-2-1-3-7-11)12-8-4-5-9-14(12)17-15/h1-9,13H,10H2. The molecule has 1 aliphatic rings. The fourth-order valence-electron chi connectivity index (χ4n) is 2.21. The van der Waals surface area contributed by atoms with E-state index in [-0.39, 0.29) is 11.9 Å². The number of hydrogen-bond donors (Lipinski definition) is 0. The maximum Gasteiger partial charge on any atom is 0.319 e. The molecule has 1 atom stereocenters. The number of carbonyl (C=O) groups is 1. The number of ether oxygens (including phenoxy) is 1. The van der Waals surface area contributed by atoms with Crippen molar-refractivity contribution in [2.45, 2.75) is 12.3 Å². The Labute approximate surface area is 99.9 Å². The predicted octanol–water partition coefficient (Wildman–Crippen LogP) is 2.93. The Bertz CT molecular complexity index is 546. The number of carbonyl (C=O) groups excluding carboxylic acids is 1. The maximum atomic E-state index is 11.8. The Morgan fingerprint density at radius 3 is 2.47 bits per heavy atom. The maximum absolute atomic E-state index is 11.8. The minimum Gasteiger partial charge on any atom is -0.426 e. The predicted molar refractivity (Wildman–Crippen MR) is 65.0 cm³/mol. The van der Waals surface area contributed by atoms with Crippen molar-refractivity contribution in [2.75, 3.05) is 0 Å². The molecule has 84 valence electrons. The second-order valence-electron chi connectivity index (χ2n) is 4.20. The van der Waals surface area contributed by atoms with Gasteiger partial charge < -0.3 is 4.74 Å². The van der Waals surface area contributed by atoms with Gasteiger partial charge in [0.25, 0.3) is 0 Å². The first-order valence-corrected chi connectivity index (χ1v) is 5.69. The zero-order valence-electron chi connectivity index (χ0n) is 9.30. The molecule has 0 bridgehead atoms. The van der Waals surface area contributed by atoms with Crippen molar-refractivity contribution in [3.8, 4) is 5.75 Å². The second kappa shape index (κ2) is 4.06. The van der Waals surface area contributed by atoms with Crippen LogP contribution in [0, 0.1) is 0 Å². The van der Waals surface area contributed by atoms with E-state index in [0.717, 1.165) is 11.1 Å². The molecule has 0 spiro atoms. The summed E-state index contributed by atoms with van der Waals surface area (Å²) in [4.78, 5) is 11.8. The van der Waals surface area contributed by atoms with Crippen LogP contribution in [-0.4, -0.2) is 5.97 Å². The van der Waals surface area contributed by atoms with E-state index in [1.807, 2.05) is 54.6 Å². The zero-order valence-corrected chi connectivity index (χ0v) is 9.30. The Hall–Kier alpha value is -2.09. The zero-order chi connectivity index (χ0) is 11.7. The molecule has 2 aromatic carbocycles.